The summed E-state index contributed by atoms with van der Waals surface area (Å²) in [5.74, 6) is -0.738. The Morgan fingerprint density at radius 1 is 1.43 bits per heavy atom. The summed E-state index contributed by atoms with van der Waals surface area (Å²) in [6, 6.07) is 4.46. The van der Waals surface area contributed by atoms with Gasteiger partial charge < -0.3 is 10.3 Å². The lowest BCUT2D eigenvalue weighted by Crippen LogP contribution is -2.34. The maximum Gasteiger partial charge on any atom is 0.268 e. The molecule has 1 fully saturated rings. The number of nitrogens with one attached hydrogen (secondary N) is 2. The van der Waals surface area contributed by atoms with E-state index in [4.69, 9.17) is 11.6 Å². The highest BCUT2D eigenvalue weighted by molar-refractivity contribution is 6.31. The number of hydrogen-bond donors (Lipinski definition) is 2. The van der Waals surface area contributed by atoms with Crippen molar-refractivity contribution < 1.29 is 9.18 Å². The fourth-order valence-corrected chi connectivity index (χ4v) is 3.06. The van der Waals surface area contributed by atoms with Gasteiger partial charge in [0.2, 0.25) is 0 Å². The number of fused-ring (bicyclic) bond motifs is 1. The van der Waals surface area contributed by atoms with Crippen LogP contribution < -0.4 is 5.32 Å². The van der Waals surface area contributed by atoms with Crippen LogP contribution in [0, 0.1) is 5.82 Å². The zero-order chi connectivity index (χ0) is 16.2. The third-order valence-corrected chi connectivity index (χ3v) is 4.47. The molecule has 0 radical (unpaired) electrons. The van der Waals surface area contributed by atoms with Crippen molar-refractivity contribution in [1.29, 1.82) is 0 Å². The van der Waals surface area contributed by atoms with Gasteiger partial charge in [0.1, 0.15) is 11.5 Å². The number of aromatic nitrogens is 3. The third-order valence-electron chi connectivity index (χ3n) is 4.25. The van der Waals surface area contributed by atoms with Crippen LogP contribution >= 0.6 is 11.6 Å². The molecule has 1 saturated carbocycles. The Morgan fingerprint density at radius 2 is 2.22 bits per heavy atom. The summed E-state index contributed by atoms with van der Waals surface area (Å²) >= 11 is 5.85. The molecule has 2 aromatic heterocycles. The monoisotopic (exact) mass is 332 g/mol. The van der Waals surface area contributed by atoms with Crippen molar-refractivity contribution in [2.24, 2.45) is 7.05 Å². The SMILES string of the molecule is Cn1cc(C2(NC(=O)c3cc4cc(Cl)cc(F)c4[nH]3)CC2)cn1. The molecule has 1 aliphatic rings. The van der Waals surface area contributed by atoms with Crippen LogP contribution in [0.15, 0.2) is 30.6 Å². The molecular weight excluding hydrogens is 319 g/mol. The van der Waals surface area contributed by atoms with Crippen LogP contribution in [0.1, 0.15) is 28.9 Å². The van der Waals surface area contributed by atoms with E-state index in [0.29, 0.717) is 16.1 Å². The number of rotatable bonds is 3. The van der Waals surface area contributed by atoms with Crippen LogP contribution in [0.2, 0.25) is 5.02 Å². The average molecular weight is 333 g/mol. The summed E-state index contributed by atoms with van der Waals surface area (Å²) in [6.07, 6.45) is 5.39. The molecule has 0 atom stereocenters. The van der Waals surface area contributed by atoms with Crippen LogP contribution in [-0.2, 0) is 12.6 Å². The molecule has 1 aliphatic carbocycles. The second-order valence-corrected chi connectivity index (χ2v) is 6.41. The summed E-state index contributed by atoms with van der Waals surface area (Å²) in [4.78, 5) is 15.4. The molecule has 2 heterocycles. The first-order valence-electron chi connectivity index (χ1n) is 7.26. The molecule has 3 aromatic rings. The minimum atomic E-state index is -0.472. The van der Waals surface area contributed by atoms with Gasteiger partial charge in [-0.1, -0.05) is 11.6 Å². The molecule has 1 aromatic carbocycles. The number of benzene rings is 1. The van der Waals surface area contributed by atoms with Crippen molar-refractivity contribution in [2.75, 3.05) is 0 Å². The van der Waals surface area contributed by atoms with Crippen LogP contribution in [0.4, 0.5) is 4.39 Å². The maximum absolute atomic E-state index is 13.9. The van der Waals surface area contributed by atoms with Gasteiger partial charge in [-0.3, -0.25) is 9.48 Å². The van der Waals surface area contributed by atoms with E-state index < -0.39 is 5.82 Å². The Kier molecular flexibility index (Phi) is 2.99. The Morgan fingerprint density at radius 3 is 2.87 bits per heavy atom. The van der Waals surface area contributed by atoms with E-state index in [1.165, 1.54) is 6.07 Å². The summed E-state index contributed by atoms with van der Waals surface area (Å²) in [5.41, 5.74) is 1.22. The Labute approximate surface area is 136 Å². The lowest BCUT2D eigenvalue weighted by atomic mass is 10.1. The van der Waals surface area contributed by atoms with Gasteiger partial charge in [-0.15, -0.1) is 0 Å². The summed E-state index contributed by atoms with van der Waals surface area (Å²) in [7, 11) is 1.84. The standard InChI is InChI=1S/C16H14ClFN4O/c1-22-8-10(7-19-22)16(2-3-16)21-15(23)13-5-9-4-11(17)6-12(18)14(9)20-13/h4-8,20H,2-3H2,1H3,(H,21,23). The highest BCUT2D eigenvalue weighted by Gasteiger charge is 2.46. The predicted octanol–water partition coefficient (Wildman–Crippen LogP) is 3.11. The minimum Gasteiger partial charge on any atom is -0.348 e. The highest BCUT2D eigenvalue weighted by atomic mass is 35.5. The van der Waals surface area contributed by atoms with E-state index in [1.54, 1.807) is 23.0 Å². The second-order valence-electron chi connectivity index (χ2n) is 5.97. The number of nitrogens with zero attached hydrogens (tertiary/aromatic N) is 2. The van der Waals surface area contributed by atoms with Crippen molar-refractivity contribution >= 4 is 28.4 Å². The van der Waals surface area contributed by atoms with E-state index in [1.807, 2.05) is 13.2 Å². The molecule has 0 unspecified atom stereocenters. The normalized spacial score (nSPS) is 15.8. The van der Waals surface area contributed by atoms with Crippen molar-refractivity contribution in [3.63, 3.8) is 0 Å². The third kappa shape index (κ3) is 2.39. The van der Waals surface area contributed by atoms with Crippen molar-refractivity contribution in [1.82, 2.24) is 20.1 Å². The van der Waals surface area contributed by atoms with Gasteiger partial charge in [0.25, 0.3) is 5.91 Å². The molecule has 4 rings (SSSR count). The van der Waals surface area contributed by atoms with Crippen molar-refractivity contribution in [3.05, 3.63) is 52.7 Å². The number of H-pyrrole nitrogens is 1. The van der Waals surface area contributed by atoms with Crippen LogP contribution in [0.25, 0.3) is 10.9 Å². The molecule has 0 spiro atoms. The zero-order valence-electron chi connectivity index (χ0n) is 12.4. The van der Waals surface area contributed by atoms with Crippen molar-refractivity contribution in [3.8, 4) is 0 Å². The van der Waals surface area contributed by atoms with Gasteiger partial charge >= 0.3 is 0 Å². The van der Waals surface area contributed by atoms with Gasteiger partial charge in [-0.05, 0) is 31.0 Å². The van der Waals surface area contributed by atoms with Gasteiger partial charge in [0.05, 0.1) is 17.3 Å². The number of carbonyl (C=O) groups excluding carboxylic acids is 1. The Balaban J connectivity index is 1.64. The number of aryl methyl sites for hydroxylation is 1. The molecule has 0 bridgehead atoms. The van der Waals surface area contributed by atoms with Gasteiger partial charge in [0, 0.05) is 29.2 Å². The Bertz CT molecular complexity index is 925. The van der Waals surface area contributed by atoms with E-state index in [9.17, 15) is 9.18 Å². The summed E-state index contributed by atoms with van der Waals surface area (Å²) < 4.78 is 15.6. The lowest BCUT2D eigenvalue weighted by Gasteiger charge is -2.15. The van der Waals surface area contributed by atoms with E-state index >= 15 is 0 Å². The number of carbonyl (C=O) groups is 1. The predicted molar refractivity (Wildman–Crippen MR) is 84.9 cm³/mol. The van der Waals surface area contributed by atoms with Crippen LogP contribution in [-0.4, -0.2) is 20.7 Å². The molecule has 7 heteroatoms. The fraction of sp³-hybridized carbons (Fsp3) is 0.250. The first-order valence-corrected chi connectivity index (χ1v) is 7.64. The van der Waals surface area contributed by atoms with Crippen LogP contribution in [0.5, 0.6) is 0 Å². The number of hydrogen-bond acceptors (Lipinski definition) is 2. The topological polar surface area (TPSA) is 62.7 Å². The molecule has 0 aliphatic heterocycles. The fourth-order valence-electron chi connectivity index (χ4n) is 2.85. The van der Waals surface area contributed by atoms with E-state index in [-0.39, 0.29) is 17.0 Å². The van der Waals surface area contributed by atoms with E-state index in [0.717, 1.165) is 18.4 Å². The van der Waals surface area contributed by atoms with E-state index in [2.05, 4.69) is 15.4 Å². The number of halogens is 2. The molecular formula is C16H14ClFN4O. The number of amides is 1. The van der Waals surface area contributed by atoms with Gasteiger partial charge in [-0.2, -0.15) is 5.10 Å². The molecule has 1 amide bonds. The summed E-state index contributed by atoms with van der Waals surface area (Å²) in [5, 5.41) is 8.06. The molecule has 23 heavy (non-hydrogen) atoms. The van der Waals surface area contributed by atoms with Crippen molar-refractivity contribution in [2.45, 2.75) is 18.4 Å². The molecule has 2 N–H and O–H groups in total. The average Bonchev–Trinajstić information content (AvgIpc) is 2.93. The van der Waals surface area contributed by atoms with Gasteiger partial charge in [0.15, 0.2) is 0 Å². The van der Waals surface area contributed by atoms with Gasteiger partial charge in [-0.25, -0.2) is 4.39 Å². The maximum atomic E-state index is 13.9. The quantitative estimate of drug-likeness (QED) is 0.774. The largest absolute Gasteiger partial charge is 0.348 e. The first-order chi connectivity index (χ1) is 11.0. The molecule has 118 valence electrons. The summed E-state index contributed by atoms with van der Waals surface area (Å²) in [6.45, 7) is 0. The zero-order valence-corrected chi connectivity index (χ0v) is 13.1. The smallest absolute Gasteiger partial charge is 0.268 e. The lowest BCUT2D eigenvalue weighted by molar-refractivity contribution is 0.0926. The van der Waals surface area contributed by atoms with Crippen LogP contribution in [0.3, 0.4) is 0 Å². The first kappa shape index (κ1) is 14.3. The molecule has 0 saturated heterocycles. The second kappa shape index (κ2) is 4.83. The highest BCUT2D eigenvalue weighted by Crippen LogP contribution is 2.45. The Hall–Kier alpha value is -2.34. The molecule has 5 nitrogen and oxygen atoms in total. The minimum absolute atomic E-state index is 0.266. The number of aromatic amines is 1.